The lowest BCUT2D eigenvalue weighted by Gasteiger charge is -2.11. The first-order valence-corrected chi connectivity index (χ1v) is 7.68. The van der Waals surface area contributed by atoms with Gasteiger partial charge in [-0.3, -0.25) is 14.9 Å². The van der Waals surface area contributed by atoms with E-state index in [0.29, 0.717) is 24.1 Å². The highest BCUT2D eigenvalue weighted by atomic mass is 16.5. The van der Waals surface area contributed by atoms with Crippen molar-refractivity contribution in [2.75, 3.05) is 13.2 Å². The summed E-state index contributed by atoms with van der Waals surface area (Å²) in [4.78, 5) is 34.6. The predicted octanol–water partition coefficient (Wildman–Crippen LogP) is 2.51. The Morgan fingerprint density at radius 2 is 1.92 bits per heavy atom. The van der Waals surface area contributed by atoms with Gasteiger partial charge in [0.1, 0.15) is 5.75 Å². The number of benzene rings is 2. The van der Waals surface area contributed by atoms with Gasteiger partial charge < -0.3 is 10.1 Å². The van der Waals surface area contributed by atoms with E-state index in [9.17, 15) is 14.4 Å². The van der Waals surface area contributed by atoms with Crippen LogP contribution < -0.4 is 15.4 Å². The third-order valence-corrected chi connectivity index (χ3v) is 3.33. The van der Waals surface area contributed by atoms with Crippen molar-refractivity contribution in [3.8, 4) is 5.75 Å². The van der Waals surface area contributed by atoms with Crippen LogP contribution in [0.4, 0.5) is 4.79 Å². The molecular weight excluding hydrogens is 308 g/mol. The number of carbonyl (C=O) groups excluding carboxylic acids is 3. The van der Waals surface area contributed by atoms with Crippen LogP contribution in [0.1, 0.15) is 24.2 Å². The number of ether oxygens (including phenoxy) is 1. The van der Waals surface area contributed by atoms with Crippen LogP contribution in [0.25, 0.3) is 10.8 Å². The largest absolute Gasteiger partial charge is 0.483 e. The SMILES string of the molecule is CC(C)CNC(=O)NC(=O)COc1ccc2ccccc2c1C=O. The quantitative estimate of drug-likeness (QED) is 0.798. The maximum atomic E-state index is 11.7. The van der Waals surface area contributed by atoms with E-state index in [1.807, 2.05) is 44.2 Å². The number of hydrogen-bond donors (Lipinski definition) is 2. The van der Waals surface area contributed by atoms with E-state index in [-0.39, 0.29) is 12.5 Å². The van der Waals surface area contributed by atoms with Crippen LogP contribution in [0.3, 0.4) is 0 Å². The van der Waals surface area contributed by atoms with Gasteiger partial charge in [0.05, 0.1) is 5.56 Å². The average Bonchev–Trinajstić information content (AvgIpc) is 2.57. The summed E-state index contributed by atoms with van der Waals surface area (Å²) in [6, 6.07) is 10.3. The minimum absolute atomic E-state index is 0.287. The number of imide groups is 1. The van der Waals surface area contributed by atoms with Gasteiger partial charge in [0.15, 0.2) is 12.9 Å². The van der Waals surface area contributed by atoms with Crippen LogP contribution in [-0.2, 0) is 4.79 Å². The smallest absolute Gasteiger partial charge is 0.321 e. The van der Waals surface area contributed by atoms with Crippen LogP contribution in [-0.4, -0.2) is 31.4 Å². The summed E-state index contributed by atoms with van der Waals surface area (Å²) in [6.07, 6.45) is 0.699. The molecular formula is C18H20N2O4. The van der Waals surface area contributed by atoms with Crippen LogP contribution in [0.5, 0.6) is 5.75 Å². The van der Waals surface area contributed by atoms with Gasteiger partial charge in [0, 0.05) is 6.54 Å². The second-order valence-electron chi connectivity index (χ2n) is 5.76. The summed E-state index contributed by atoms with van der Waals surface area (Å²) < 4.78 is 5.40. The number of aldehydes is 1. The number of amides is 3. The number of fused-ring (bicyclic) bond motifs is 1. The van der Waals surface area contributed by atoms with Gasteiger partial charge in [0.2, 0.25) is 0 Å². The molecule has 0 aliphatic carbocycles. The van der Waals surface area contributed by atoms with Crippen molar-refractivity contribution in [1.82, 2.24) is 10.6 Å². The van der Waals surface area contributed by atoms with Gasteiger partial charge in [0.25, 0.3) is 5.91 Å². The molecule has 6 nitrogen and oxygen atoms in total. The number of hydrogen-bond acceptors (Lipinski definition) is 4. The minimum Gasteiger partial charge on any atom is -0.483 e. The van der Waals surface area contributed by atoms with Gasteiger partial charge in [-0.05, 0) is 22.8 Å². The molecule has 0 radical (unpaired) electrons. The summed E-state index contributed by atoms with van der Waals surface area (Å²) in [5.41, 5.74) is 0.380. The van der Waals surface area contributed by atoms with Crippen LogP contribution in [0, 0.1) is 5.92 Å². The maximum Gasteiger partial charge on any atom is 0.321 e. The van der Waals surface area contributed by atoms with E-state index in [1.165, 1.54) is 0 Å². The van der Waals surface area contributed by atoms with Gasteiger partial charge in [-0.1, -0.05) is 44.2 Å². The lowest BCUT2D eigenvalue weighted by atomic mass is 10.0. The topological polar surface area (TPSA) is 84.5 Å². The molecule has 0 aliphatic heterocycles. The van der Waals surface area contributed by atoms with Crippen molar-refractivity contribution < 1.29 is 19.1 Å². The molecule has 3 amide bonds. The van der Waals surface area contributed by atoms with Crippen LogP contribution in [0.2, 0.25) is 0 Å². The molecule has 0 spiro atoms. The molecule has 0 heterocycles. The van der Waals surface area contributed by atoms with E-state index >= 15 is 0 Å². The zero-order valence-electron chi connectivity index (χ0n) is 13.7. The first-order chi connectivity index (χ1) is 11.5. The Kier molecular flexibility index (Phi) is 5.89. The van der Waals surface area contributed by atoms with Crippen molar-refractivity contribution >= 4 is 29.0 Å². The molecule has 0 saturated carbocycles. The molecule has 126 valence electrons. The molecule has 24 heavy (non-hydrogen) atoms. The van der Waals surface area contributed by atoms with E-state index in [1.54, 1.807) is 6.07 Å². The highest BCUT2D eigenvalue weighted by molar-refractivity contribution is 6.01. The van der Waals surface area contributed by atoms with Crippen molar-refractivity contribution in [3.05, 3.63) is 42.0 Å². The zero-order chi connectivity index (χ0) is 17.5. The molecule has 6 heteroatoms. The third kappa shape index (κ3) is 4.55. The molecule has 0 fully saturated rings. The summed E-state index contributed by atoms with van der Waals surface area (Å²) >= 11 is 0. The van der Waals surface area contributed by atoms with Crippen LogP contribution >= 0.6 is 0 Å². The molecule has 2 aromatic rings. The third-order valence-electron chi connectivity index (χ3n) is 3.33. The molecule has 2 N–H and O–H groups in total. The predicted molar refractivity (Wildman–Crippen MR) is 91.2 cm³/mol. The molecule has 2 rings (SSSR count). The Morgan fingerprint density at radius 3 is 2.62 bits per heavy atom. The fraction of sp³-hybridized carbons (Fsp3) is 0.278. The van der Waals surface area contributed by atoms with E-state index in [4.69, 9.17) is 4.74 Å². The Balaban J connectivity index is 1.99. The number of rotatable bonds is 6. The molecule has 0 saturated heterocycles. The van der Waals surface area contributed by atoms with E-state index in [2.05, 4.69) is 10.6 Å². The number of nitrogens with one attached hydrogen (secondary N) is 2. The highest BCUT2D eigenvalue weighted by Gasteiger charge is 2.12. The summed E-state index contributed by atoms with van der Waals surface area (Å²) in [7, 11) is 0. The summed E-state index contributed by atoms with van der Waals surface area (Å²) in [5.74, 6) is 0.0116. The molecule has 0 aromatic heterocycles. The Morgan fingerprint density at radius 1 is 1.17 bits per heavy atom. The first-order valence-electron chi connectivity index (χ1n) is 7.68. The highest BCUT2D eigenvalue weighted by Crippen LogP contribution is 2.26. The fourth-order valence-corrected chi connectivity index (χ4v) is 2.17. The molecule has 0 bridgehead atoms. The molecule has 0 atom stereocenters. The Hall–Kier alpha value is -2.89. The monoisotopic (exact) mass is 328 g/mol. The molecule has 0 unspecified atom stereocenters. The van der Waals surface area contributed by atoms with E-state index in [0.717, 1.165) is 10.8 Å². The second-order valence-corrected chi connectivity index (χ2v) is 5.76. The summed E-state index contributed by atoms with van der Waals surface area (Å²) in [5, 5.41) is 6.41. The Bertz CT molecular complexity index is 756. The normalized spacial score (nSPS) is 10.5. The van der Waals surface area contributed by atoms with Gasteiger partial charge >= 0.3 is 6.03 Å². The summed E-state index contributed by atoms with van der Waals surface area (Å²) in [6.45, 7) is 4.02. The molecule has 2 aromatic carbocycles. The van der Waals surface area contributed by atoms with Gasteiger partial charge in [-0.15, -0.1) is 0 Å². The van der Waals surface area contributed by atoms with Crippen molar-refractivity contribution in [3.63, 3.8) is 0 Å². The second kappa shape index (κ2) is 8.10. The van der Waals surface area contributed by atoms with Crippen molar-refractivity contribution in [2.45, 2.75) is 13.8 Å². The average molecular weight is 328 g/mol. The lowest BCUT2D eigenvalue weighted by Crippen LogP contribution is -2.42. The minimum atomic E-state index is -0.582. The Labute approximate surface area is 140 Å². The van der Waals surface area contributed by atoms with E-state index < -0.39 is 11.9 Å². The number of carbonyl (C=O) groups is 3. The standard InChI is InChI=1S/C18H20N2O4/c1-12(2)9-19-18(23)20-17(22)11-24-16-8-7-13-5-3-4-6-14(13)15(16)10-21/h3-8,10,12H,9,11H2,1-2H3,(H2,19,20,22,23). The molecule has 0 aliphatic rings. The number of urea groups is 1. The zero-order valence-corrected chi connectivity index (χ0v) is 13.7. The van der Waals surface area contributed by atoms with Gasteiger partial charge in [-0.25, -0.2) is 4.79 Å². The lowest BCUT2D eigenvalue weighted by molar-refractivity contribution is -0.122. The van der Waals surface area contributed by atoms with Gasteiger partial charge in [-0.2, -0.15) is 0 Å². The van der Waals surface area contributed by atoms with Crippen molar-refractivity contribution in [2.24, 2.45) is 5.92 Å². The first kappa shape index (κ1) is 17.5. The maximum absolute atomic E-state index is 11.7. The van der Waals surface area contributed by atoms with Crippen LogP contribution in [0.15, 0.2) is 36.4 Å². The van der Waals surface area contributed by atoms with Crippen molar-refractivity contribution in [1.29, 1.82) is 0 Å². The fourth-order valence-electron chi connectivity index (χ4n) is 2.17.